The van der Waals surface area contributed by atoms with Crippen molar-refractivity contribution in [2.75, 3.05) is 5.73 Å². The zero-order chi connectivity index (χ0) is 13.0. The second-order valence-electron chi connectivity index (χ2n) is 3.10. The second-order valence-corrected chi connectivity index (χ2v) is 3.46. The van der Waals surface area contributed by atoms with Crippen molar-refractivity contribution in [3.05, 3.63) is 33.0 Å². The van der Waals surface area contributed by atoms with Crippen molar-refractivity contribution in [3.8, 4) is 0 Å². The van der Waals surface area contributed by atoms with E-state index >= 15 is 0 Å². The molecule has 0 fully saturated rings. The van der Waals surface area contributed by atoms with Gasteiger partial charge in [-0.05, 0) is 0 Å². The van der Waals surface area contributed by atoms with Gasteiger partial charge >= 0.3 is 5.69 Å². The molecular weight excluding hydrogens is 248 g/mol. The third-order valence-corrected chi connectivity index (χ3v) is 2.13. The maximum atomic E-state index is 10.6. The molecule has 4 N–H and O–H groups in total. The SMILES string of the molecule is NC(=O)CC=Cc1cc([N+](=O)[O-])c(N)nc1Cl. The number of aromatic nitrogens is 1. The number of nitrogen functional groups attached to an aromatic ring is 1. The Kier molecular flexibility index (Phi) is 4.00. The van der Waals surface area contributed by atoms with Crippen LogP contribution in [0.2, 0.25) is 5.15 Å². The molecule has 0 saturated heterocycles. The van der Waals surface area contributed by atoms with Gasteiger partial charge in [0.25, 0.3) is 0 Å². The van der Waals surface area contributed by atoms with Crippen molar-refractivity contribution in [2.24, 2.45) is 5.73 Å². The minimum atomic E-state index is -0.663. The Balaban J connectivity index is 3.07. The molecule has 17 heavy (non-hydrogen) atoms. The van der Waals surface area contributed by atoms with E-state index in [1.54, 1.807) is 0 Å². The summed E-state index contributed by atoms with van der Waals surface area (Å²) in [7, 11) is 0. The molecule has 1 aromatic heterocycles. The van der Waals surface area contributed by atoms with Gasteiger partial charge in [0.15, 0.2) is 0 Å². The van der Waals surface area contributed by atoms with E-state index in [1.807, 2.05) is 0 Å². The van der Waals surface area contributed by atoms with Crippen molar-refractivity contribution < 1.29 is 9.72 Å². The Labute approximate surface area is 101 Å². The van der Waals surface area contributed by atoms with E-state index in [-0.39, 0.29) is 23.1 Å². The van der Waals surface area contributed by atoms with E-state index in [1.165, 1.54) is 18.2 Å². The number of pyridine rings is 1. The molecule has 1 heterocycles. The quantitative estimate of drug-likeness (QED) is 0.474. The lowest BCUT2D eigenvalue weighted by molar-refractivity contribution is -0.384. The van der Waals surface area contributed by atoms with E-state index < -0.39 is 10.8 Å². The first kappa shape index (κ1) is 12.9. The van der Waals surface area contributed by atoms with Gasteiger partial charge in [0.1, 0.15) is 5.15 Å². The van der Waals surface area contributed by atoms with Crippen molar-refractivity contribution in [2.45, 2.75) is 6.42 Å². The molecule has 0 aromatic carbocycles. The highest BCUT2D eigenvalue weighted by atomic mass is 35.5. The number of halogens is 1. The molecule has 0 aliphatic rings. The molecule has 0 aliphatic heterocycles. The van der Waals surface area contributed by atoms with E-state index in [4.69, 9.17) is 23.1 Å². The van der Waals surface area contributed by atoms with Gasteiger partial charge in [-0.25, -0.2) is 4.98 Å². The highest BCUT2D eigenvalue weighted by Gasteiger charge is 2.15. The van der Waals surface area contributed by atoms with Gasteiger partial charge in [-0.2, -0.15) is 0 Å². The molecule has 90 valence electrons. The largest absolute Gasteiger partial charge is 0.378 e. The van der Waals surface area contributed by atoms with E-state index in [0.29, 0.717) is 5.56 Å². The topological polar surface area (TPSA) is 125 Å². The molecule has 0 aliphatic carbocycles. The number of anilines is 1. The van der Waals surface area contributed by atoms with Crippen LogP contribution < -0.4 is 11.5 Å². The molecule has 7 nitrogen and oxygen atoms in total. The zero-order valence-electron chi connectivity index (χ0n) is 8.59. The molecule has 1 aromatic rings. The highest BCUT2D eigenvalue weighted by Crippen LogP contribution is 2.26. The number of carbonyl (C=O) groups excluding carboxylic acids is 1. The van der Waals surface area contributed by atoms with Gasteiger partial charge in [0.2, 0.25) is 11.7 Å². The van der Waals surface area contributed by atoms with Crippen LogP contribution >= 0.6 is 11.6 Å². The van der Waals surface area contributed by atoms with Gasteiger partial charge < -0.3 is 11.5 Å². The van der Waals surface area contributed by atoms with Crippen LogP contribution in [0.4, 0.5) is 11.5 Å². The van der Waals surface area contributed by atoms with Crippen LogP contribution in [-0.4, -0.2) is 15.8 Å². The van der Waals surface area contributed by atoms with Crippen LogP contribution in [0.15, 0.2) is 12.1 Å². The third kappa shape index (κ3) is 3.42. The summed E-state index contributed by atoms with van der Waals surface area (Å²) < 4.78 is 0. The second kappa shape index (κ2) is 5.26. The first-order valence-corrected chi connectivity index (χ1v) is 4.85. The lowest BCUT2D eigenvalue weighted by atomic mass is 10.2. The van der Waals surface area contributed by atoms with Crippen molar-refractivity contribution in [3.63, 3.8) is 0 Å². The average molecular weight is 257 g/mol. The standard InChI is InChI=1S/C9H9ClN4O3/c10-8-5(2-1-3-7(11)15)4-6(14(16)17)9(12)13-8/h1-2,4H,3H2,(H2,11,15)(H2,12,13). The Bertz CT molecular complexity index is 501. The van der Waals surface area contributed by atoms with Crippen molar-refractivity contribution >= 4 is 35.1 Å². The first-order valence-electron chi connectivity index (χ1n) is 4.47. The fourth-order valence-corrected chi connectivity index (χ4v) is 1.28. The maximum absolute atomic E-state index is 10.6. The zero-order valence-corrected chi connectivity index (χ0v) is 9.35. The Morgan fingerprint density at radius 3 is 2.82 bits per heavy atom. The number of rotatable bonds is 4. The summed E-state index contributed by atoms with van der Waals surface area (Å²) in [5.74, 6) is -0.776. The summed E-state index contributed by atoms with van der Waals surface area (Å²) in [6, 6.07) is 1.18. The van der Waals surface area contributed by atoms with Crippen LogP contribution in [0.3, 0.4) is 0 Å². The summed E-state index contributed by atoms with van der Waals surface area (Å²) >= 11 is 5.74. The lowest BCUT2D eigenvalue weighted by Gasteiger charge is -2.00. The molecule has 0 unspecified atom stereocenters. The Morgan fingerprint density at radius 2 is 2.29 bits per heavy atom. The number of nitrogens with zero attached hydrogens (tertiary/aromatic N) is 2. The van der Waals surface area contributed by atoms with Gasteiger partial charge in [0, 0.05) is 18.1 Å². The molecule has 8 heteroatoms. The minimum absolute atomic E-state index is 0.00844. The lowest BCUT2D eigenvalue weighted by Crippen LogP contribution is -2.07. The van der Waals surface area contributed by atoms with Crippen molar-refractivity contribution in [1.29, 1.82) is 0 Å². The third-order valence-electron chi connectivity index (χ3n) is 1.82. The van der Waals surface area contributed by atoms with Crippen LogP contribution in [0.25, 0.3) is 6.08 Å². The van der Waals surface area contributed by atoms with E-state index in [0.717, 1.165) is 0 Å². The molecule has 1 rings (SSSR count). The smallest absolute Gasteiger partial charge is 0.311 e. The molecule has 1 amide bonds. The van der Waals surface area contributed by atoms with Gasteiger partial charge in [0.05, 0.1) is 4.92 Å². The molecular formula is C9H9ClN4O3. The number of nitrogens with two attached hydrogens (primary N) is 2. The monoisotopic (exact) mass is 256 g/mol. The maximum Gasteiger partial charge on any atom is 0.311 e. The van der Waals surface area contributed by atoms with Crippen LogP contribution in [0, 0.1) is 10.1 Å². The Morgan fingerprint density at radius 1 is 1.65 bits per heavy atom. The normalized spacial score (nSPS) is 10.6. The minimum Gasteiger partial charge on any atom is -0.378 e. The number of nitro groups is 1. The summed E-state index contributed by atoms with van der Waals surface area (Å²) in [4.78, 5) is 24.1. The molecule has 0 bridgehead atoms. The van der Waals surface area contributed by atoms with Gasteiger partial charge in [-0.1, -0.05) is 23.8 Å². The van der Waals surface area contributed by atoms with E-state index in [2.05, 4.69) is 4.98 Å². The van der Waals surface area contributed by atoms with Crippen LogP contribution in [0.5, 0.6) is 0 Å². The van der Waals surface area contributed by atoms with Gasteiger partial charge in [-0.3, -0.25) is 14.9 Å². The predicted molar refractivity (Wildman–Crippen MR) is 63.2 cm³/mol. The number of hydrogen-bond donors (Lipinski definition) is 2. The fourth-order valence-electron chi connectivity index (χ4n) is 1.07. The highest BCUT2D eigenvalue weighted by molar-refractivity contribution is 6.31. The van der Waals surface area contributed by atoms with Crippen LogP contribution in [0.1, 0.15) is 12.0 Å². The number of carbonyl (C=O) groups is 1. The average Bonchev–Trinajstić information content (AvgIpc) is 2.20. The van der Waals surface area contributed by atoms with Crippen LogP contribution in [-0.2, 0) is 4.79 Å². The van der Waals surface area contributed by atoms with E-state index in [9.17, 15) is 14.9 Å². The predicted octanol–water partition coefficient (Wildman–Crippen LogP) is 1.11. The Hall–Kier alpha value is -2.15. The summed E-state index contributed by atoms with van der Waals surface area (Å²) in [5, 5.41) is 10.6. The molecule has 0 atom stereocenters. The molecule has 0 saturated carbocycles. The molecule has 0 spiro atoms. The molecule has 0 radical (unpaired) electrons. The summed E-state index contributed by atoms with van der Waals surface area (Å²) in [5.41, 5.74) is 10.2. The summed E-state index contributed by atoms with van der Waals surface area (Å²) in [6.07, 6.45) is 2.87. The summed E-state index contributed by atoms with van der Waals surface area (Å²) in [6.45, 7) is 0. The first-order chi connectivity index (χ1) is 7.91. The number of primary amides is 1. The van der Waals surface area contributed by atoms with Gasteiger partial charge in [-0.15, -0.1) is 0 Å². The number of amides is 1. The number of hydrogen-bond acceptors (Lipinski definition) is 5. The van der Waals surface area contributed by atoms with Crippen molar-refractivity contribution in [1.82, 2.24) is 4.98 Å². The fraction of sp³-hybridized carbons (Fsp3) is 0.111.